The summed E-state index contributed by atoms with van der Waals surface area (Å²) in [5.74, 6) is -0.959. The van der Waals surface area contributed by atoms with E-state index in [1.807, 2.05) is 36.4 Å². The number of fused-ring (bicyclic) bond motifs is 2. The van der Waals surface area contributed by atoms with Gasteiger partial charge >= 0.3 is 5.97 Å². The molecule has 4 heteroatoms. The van der Waals surface area contributed by atoms with E-state index >= 15 is 0 Å². The zero-order valence-corrected chi connectivity index (χ0v) is 12.1. The lowest BCUT2D eigenvalue weighted by molar-refractivity contribution is -0.132. The van der Waals surface area contributed by atoms with Gasteiger partial charge < -0.3 is 5.11 Å². The summed E-state index contributed by atoms with van der Waals surface area (Å²) in [5.41, 5.74) is 0.954. The summed E-state index contributed by atoms with van der Waals surface area (Å²) < 4.78 is 1.86. The molecule has 104 valence electrons. The first-order chi connectivity index (χ1) is 10.1. The van der Waals surface area contributed by atoms with Crippen LogP contribution in [0, 0.1) is 0 Å². The lowest BCUT2D eigenvalue weighted by Crippen LogP contribution is -2.01. The third kappa shape index (κ3) is 2.45. The maximum atomic E-state index is 12.5. The Labute approximate surface area is 124 Å². The van der Waals surface area contributed by atoms with Crippen LogP contribution in [-0.4, -0.2) is 11.1 Å². The Balaban J connectivity index is 2.29. The molecule has 0 aliphatic rings. The van der Waals surface area contributed by atoms with E-state index in [1.165, 1.54) is 6.92 Å². The number of carboxylic acids is 1. The van der Waals surface area contributed by atoms with Gasteiger partial charge in [-0.1, -0.05) is 18.2 Å². The molecule has 1 N–H and O–H groups in total. The Kier molecular flexibility index (Phi) is 3.31. The van der Waals surface area contributed by atoms with Crippen LogP contribution in [0.3, 0.4) is 0 Å². The SMILES string of the molecule is CC(=Cc1ccc2sc3ccccc3c(=O)c2c1)C(=O)O. The number of hydrogen-bond donors (Lipinski definition) is 1. The molecule has 0 amide bonds. The van der Waals surface area contributed by atoms with Crippen LogP contribution in [0.5, 0.6) is 0 Å². The van der Waals surface area contributed by atoms with Crippen LogP contribution in [0.2, 0.25) is 0 Å². The predicted octanol–water partition coefficient (Wildman–Crippen LogP) is 3.90. The molecule has 0 bridgehead atoms. The molecule has 0 aliphatic heterocycles. The summed E-state index contributed by atoms with van der Waals surface area (Å²) in [6, 6.07) is 13.0. The minimum atomic E-state index is -0.959. The van der Waals surface area contributed by atoms with Crippen LogP contribution in [0.15, 0.2) is 52.8 Å². The van der Waals surface area contributed by atoms with Crippen molar-refractivity contribution in [3.8, 4) is 0 Å². The highest BCUT2D eigenvalue weighted by Crippen LogP contribution is 2.25. The Hall–Kier alpha value is -2.46. The Morgan fingerprint density at radius 3 is 2.57 bits per heavy atom. The first-order valence-corrected chi connectivity index (χ1v) is 7.25. The second-order valence-corrected chi connectivity index (χ2v) is 5.90. The Morgan fingerprint density at radius 2 is 1.81 bits per heavy atom. The Morgan fingerprint density at radius 1 is 1.10 bits per heavy atom. The van der Waals surface area contributed by atoms with E-state index < -0.39 is 5.97 Å². The van der Waals surface area contributed by atoms with E-state index in [-0.39, 0.29) is 11.0 Å². The summed E-state index contributed by atoms with van der Waals surface area (Å²) in [4.78, 5) is 23.4. The molecule has 0 unspecified atom stereocenters. The van der Waals surface area contributed by atoms with E-state index in [9.17, 15) is 9.59 Å². The van der Waals surface area contributed by atoms with E-state index in [1.54, 1.807) is 23.5 Å². The van der Waals surface area contributed by atoms with E-state index in [0.717, 1.165) is 15.0 Å². The molecule has 3 aromatic rings. The van der Waals surface area contributed by atoms with Crippen LogP contribution in [0.1, 0.15) is 12.5 Å². The fourth-order valence-corrected chi connectivity index (χ4v) is 3.27. The Bertz CT molecular complexity index is 951. The van der Waals surface area contributed by atoms with Crippen LogP contribution in [0.25, 0.3) is 26.2 Å². The minimum Gasteiger partial charge on any atom is -0.478 e. The molecule has 21 heavy (non-hydrogen) atoms. The summed E-state index contributed by atoms with van der Waals surface area (Å²) in [7, 11) is 0. The van der Waals surface area contributed by atoms with E-state index in [2.05, 4.69) is 0 Å². The van der Waals surface area contributed by atoms with Crippen molar-refractivity contribution in [2.45, 2.75) is 6.92 Å². The molecule has 0 spiro atoms. The number of benzene rings is 2. The molecule has 0 atom stereocenters. The molecule has 0 saturated carbocycles. The van der Waals surface area contributed by atoms with Crippen molar-refractivity contribution in [3.63, 3.8) is 0 Å². The second-order valence-electron chi connectivity index (χ2n) is 4.82. The van der Waals surface area contributed by atoms with Crippen molar-refractivity contribution in [1.82, 2.24) is 0 Å². The topological polar surface area (TPSA) is 54.4 Å². The van der Waals surface area contributed by atoms with Gasteiger partial charge in [-0.05, 0) is 42.8 Å². The summed E-state index contributed by atoms with van der Waals surface area (Å²) in [6.45, 7) is 1.54. The lowest BCUT2D eigenvalue weighted by Gasteiger charge is -2.02. The van der Waals surface area contributed by atoms with Gasteiger partial charge in [-0.25, -0.2) is 4.79 Å². The van der Waals surface area contributed by atoms with Crippen molar-refractivity contribution in [2.24, 2.45) is 0 Å². The third-order valence-electron chi connectivity index (χ3n) is 3.32. The molecule has 1 aromatic heterocycles. The predicted molar refractivity (Wildman–Crippen MR) is 86.9 cm³/mol. The quantitative estimate of drug-likeness (QED) is 0.576. The van der Waals surface area contributed by atoms with Gasteiger partial charge in [0.2, 0.25) is 0 Å². The number of rotatable bonds is 2. The fraction of sp³-hybridized carbons (Fsp3) is 0.0588. The van der Waals surface area contributed by atoms with Gasteiger partial charge in [-0.3, -0.25) is 4.79 Å². The van der Waals surface area contributed by atoms with Gasteiger partial charge in [0.15, 0.2) is 5.43 Å². The number of aliphatic carboxylic acids is 1. The van der Waals surface area contributed by atoms with Crippen molar-refractivity contribution in [1.29, 1.82) is 0 Å². The van der Waals surface area contributed by atoms with Crippen molar-refractivity contribution in [3.05, 3.63) is 63.8 Å². The number of carbonyl (C=O) groups is 1. The molecule has 1 heterocycles. The fourth-order valence-electron chi connectivity index (χ4n) is 2.22. The van der Waals surface area contributed by atoms with Gasteiger partial charge in [0.05, 0.1) is 0 Å². The van der Waals surface area contributed by atoms with Crippen LogP contribution in [0.4, 0.5) is 0 Å². The molecule has 3 nitrogen and oxygen atoms in total. The first kappa shape index (κ1) is 13.5. The maximum Gasteiger partial charge on any atom is 0.331 e. The van der Waals surface area contributed by atoms with Crippen molar-refractivity contribution in [2.75, 3.05) is 0 Å². The first-order valence-electron chi connectivity index (χ1n) is 6.43. The van der Waals surface area contributed by atoms with Gasteiger partial charge in [0.1, 0.15) is 0 Å². The third-order valence-corrected chi connectivity index (χ3v) is 4.47. The average Bonchev–Trinajstić information content (AvgIpc) is 2.48. The molecule has 0 fully saturated rings. The van der Waals surface area contributed by atoms with Crippen LogP contribution >= 0.6 is 11.3 Å². The molecule has 0 saturated heterocycles. The molecule has 0 aliphatic carbocycles. The van der Waals surface area contributed by atoms with Crippen LogP contribution < -0.4 is 5.43 Å². The standard InChI is InChI=1S/C17H12O3S/c1-10(17(19)20)8-11-6-7-15-13(9-11)16(18)12-4-2-3-5-14(12)21-15/h2-9H,1H3,(H,19,20). The van der Waals surface area contributed by atoms with Gasteiger partial charge in [0, 0.05) is 25.7 Å². The highest BCUT2D eigenvalue weighted by Gasteiger charge is 2.06. The van der Waals surface area contributed by atoms with Crippen LogP contribution in [-0.2, 0) is 4.79 Å². The van der Waals surface area contributed by atoms with Gasteiger partial charge in [-0.15, -0.1) is 11.3 Å². The van der Waals surface area contributed by atoms with E-state index in [0.29, 0.717) is 10.8 Å². The summed E-state index contributed by atoms with van der Waals surface area (Å²) in [5, 5.41) is 10.3. The molecule has 0 radical (unpaired) electrons. The minimum absolute atomic E-state index is 0.0115. The van der Waals surface area contributed by atoms with Crippen molar-refractivity contribution < 1.29 is 9.90 Å². The van der Waals surface area contributed by atoms with Gasteiger partial charge in [0.25, 0.3) is 0 Å². The number of hydrogen-bond acceptors (Lipinski definition) is 3. The normalized spacial score (nSPS) is 12.0. The van der Waals surface area contributed by atoms with Gasteiger partial charge in [-0.2, -0.15) is 0 Å². The smallest absolute Gasteiger partial charge is 0.331 e. The van der Waals surface area contributed by atoms with Crippen molar-refractivity contribution >= 4 is 43.6 Å². The number of carboxylic acid groups (broad SMARTS) is 1. The maximum absolute atomic E-state index is 12.5. The highest BCUT2D eigenvalue weighted by molar-refractivity contribution is 7.24. The molecular weight excluding hydrogens is 284 g/mol. The monoisotopic (exact) mass is 296 g/mol. The molecule has 3 rings (SSSR count). The lowest BCUT2D eigenvalue weighted by atomic mass is 10.1. The average molecular weight is 296 g/mol. The largest absolute Gasteiger partial charge is 0.478 e. The second kappa shape index (κ2) is 5.14. The van der Waals surface area contributed by atoms with E-state index in [4.69, 9.17) is 5.11 Å². The summed E-state index contributed by atoms with van der Waals surface area (Å²) >= 11 is 1.56. The molecule has 2 aromatic carbocycles. The highest BCUT2D eigenvalue weighted by atomic mass is 32.1. The zero-order chi connectivity index (χ0) is 15.0. The molecular formula is C17H12O3S. The summed E-state index contributed by atoms with van der Waals surface area (Å²) in [6.07, 6.45) is 1.57. The zero-order valence-electron chi connectivity index (χ0n) is 11.3.